The van der Waals surface area contributed by atoms with Crippen molar-refractivity contribution in [3.05, 3.63) is 11.4 Å². The summed E-state index contributed by atoms with van der Waals surface area (Å²) >= 11 is 0. The van der Waals surface area contributed by atoms with Crippen molar-refractivity contribution in [2.24, 2.45) is 4.99 Å². The lowest BCUT2D eigenvalue weighted by Gasteiger charge is -2.03. The SMILES string of the molecule is [C-]#[N+]CCCCCCCCCCCCCCCCCCN=C=O. The average Bonchev–Trinajstić information content (AvgIpc) is 2.57. The Kier molecular flexibility index (Phi) is 19.8. The molecule has 0 N–H and O–H groups in total. The number of nitrogens with zero attached hydrogens (tertiary/aromatic N) is 2. The summed E-state index contributed by atoms with van der Waals surface area (Å²) in [5.74, 6) is 0. The molecule has 0 fully saturated rings. The number of unbranched alkanes of at least 4 members (excludes halogenated alkanes) is 15. The molecule has 0 unspecified atom stereocenters. The molecule has 0 saturated carbocycles. The van der Waals surface area contributed by atoms with E-state index in [4.69, 9.17) is 6.57 Å². The van der Waals surface area contributed by atoms with Crippen LogP contribution in [0.5, 0.6) is 0 Å². The highest BCUT2D eigenvalue weighted by Gasteiger charge is 1.95. The maximum absolute atomic E-state index is 9.89. The zero-order valence-electron chi connectivity index (χ0n) is 15.0. The van der Waals surface area contributed by atoms with Crippen LogP contribution in [0.15, 0.2) is 4.99 Å². The Morgan fingerprint density at radius 3 is 1.30 bits per heavy atom. The Morgan fingerprint density at radius 1 is 0.609 bits per heavy atom. The molecule has 0 aromatic heterocycles. The van der Waals surface area contributed by atoms with E-state index < -0.39 is 0 Å². The maximum atomic E-state index is 9.89. The van der Waals surface area contributed by atoms with Crippen LogP contribution in [0, 0.1) is 6.57 Å². The lowest BCUT2D eigenvalue weighted by Crippen LogP contribution is -1.85. The predicted molar refractivity (Wildman–Crippen MR) is 98.3 cm³/mol. The zero-order chi connectivity index (χ0) is 16.8. The molecule has 0 saturated heterocycles. The van der Waals surface area contributed by atoms with Crippen LogP contribution in [0.3, 0.4) is 0 Å². The quantitative estimate of drug-likeness (QED) is 0.123. The van der Waals surface area contributed by atoms with Gasteiger partial charge in [0, 0.05) is 6.42 Å². The number of hydrogen-bond donors (Lipinski definition) is 0. The molecule has 0 aliphatic carbocycles. The first kappa shape index (κ1) is 21.9. The molecular weight excluding hydrogens is 284 g/mol. The summed E-state index contributed by atoms with van der Waals surface area (Å²) in [7, 11) is 0. The van der Waals surface area contributed by atoms with E-state index in [0.29, 0.717) is 13.1 Å². The Morgan fingerprint density at radius 2 is 0.957 bits per heavy atom. The third kappa shape index (κ3) is 20.9. The normalized spacial score (nSPS) is 10.2. The van der Waals surface area contributed by atoms with Crippen LogP contribution < -0.4 is 0 Å². The monoisotopic (exact) mass is 320 g/mol. The molecule has 0 amide bonds. The first-order valence-electron chi connectivity index (χ1n) is 9.78. The third-order valence-corrected chi connectivity index (χ3v) is 4.35. The molecule has 0 aliphatic rings. The summed E-state index contributed by atoms with van der Waals surface area (Å²) in [5.41, 5.74) is 0. The van der Waals surface area contributed by atoms with E-state index in [2.05, 4.69) is 9.84 Å². The standard InChI is InChI=1S/C20H36N2O/c1-21-18-16-14-12-10-8-6-4-2-3-5-7-9-11-13-15-17-19-22-20-23/h2-19H2. The van der Waals surface area contributed by atoms with Crippen LogP contribution in [0.4, 0.5) is 0 Å². The predicted octanol–water partition coefficient (Wildman–Crippen LogP) is 6.48. The minimum absolute atomic E-state index is 0.657. The van der Waals surface area contributed by atoms with Crippen molar-refractivity contribution >= 4 is 6.08 Å². The van der Waals surface area contributed by atoms with Crippen LogP contribution in [0.25, 0.3) is 4.85 Å². The van der Waals surface area contributed by atoms with Crippen LogP contribution in [-0.2, 0) is 4.79 Å². The fourth-order valence-electron chi connectivity index (χ4n) is 2.90. The Hall–Kier alpha value is -1.13. The van der Waals surface area contributed by atoms with Gasteiger partial charge in [-0.1, -0.05) is 83.5 Å². The lowest BCUT2D eigenvalue weighted by atomic mass is 10.0. The topological polar surface area (TPSA) is 33.8 Å². The van der Waals surface area contributed by atoms with Gasteiger partial charge < -0.3 is 4.85 Å². The van der Waals surface area contributed by atoms with Crippen molar-refractivity contribution in [1.29, 1.82) is 0 Å². The van der Waals surface area contributed by atoms with Crippen molar-refractivity contribution in [3.8, 4) is 0 Å². The summed E-state index contributed by atoms with van der Waals surface area (Å²) in [5, 5.41) is 0. The fourth-order valence-corrected chi connectivity index (χ4v) is 2.90. The molecule has 3 nitrogen and oxygen atoms in total. The van der Waals surface area contributed by atoms with Gasteiger partial charge in [0.05, 0.1) is 6.54 Å². The van der Waals surface area contributed by atoms with E-state index in [1.807, 2.05) is 0 Å². The average molecular weight is 321 g/mol. The number of aliphatic imine (C=N–C) groups is 1. The summed E-state index contributed by atoms with van der Waals surface area (Å²) in [6.07, 6.45) is 22.6. The number of carbonyl (C=O) groups excluding carboxylic acids is 1. The molecule has 0 radical (unpaired) electrons. The van der Waals surface area contributed by atoms with E-state index in [0.717, 1.165) is 12.8 Å². The summed E-state index contributed by atoms with van der Waals surface area (Å²) < 4.78 is 0. The Labute approximate surface area is 143 Å². The van der Waals surface area contributed by atoms with Gasteiger partial charge in [0.2, 0.25) is 12.6 Å². The number of isocyanates is 1. The lowest BCUT2D eigenvalue weighted by molar-refractivity contribution is 0.529. The first-order valence-corrected chi connectivity index (χ1v) is 9.78. The van der Waals surface area contributed by atoms with Crippen molar-refractivity contribution in [3.63, 3.8) is 0 Å². The molecule has 0 spiro atoms. The highest BCUT2D eigenvalue weighted by molar-refractivity contribution is 5.32. The molecule has 132 valence electrons. The molecule has 0 heterocycles. The van der Waals surface area contributed by atoms with Crippen molar-refractivity contribution in [2.45, 2.75) is 103 Å². The van der Waals surface area contributed by atoms with Crippen molar-refractivity contribution in [1.82, 2.24) is 0 Å². The number of hydrogen-bond acceptors (Lipinski definition) is 2. The third-order valence-electron chi connectivity index (χ3n) is 4.35. The minimum Gasteiger partial charge on any atom is -0.317 e. The minimum atomic E-state index is 0.657. The molecule has 3 heteroatoms. The molecule has 0 rings (SSSR count). The molecule has 0 aromatic rings. The fraction of sp³-hybridized carbons (Fsp3) is 0.900. The van der Waals surface area contributed by atoms with E-state index in [-0.39, 0.29) is 0 Å². The molecule has 0 aromatic carbocycles. The van der Waals surface area contributed by atoms with Gasteiger partial charge in [-0.05, 0) is 12.8 Å². The van der Waals surface area contributed by atoms with Crippen LogP contribution in [0.2, 0.25) is 0 Å². The van der Waals surface area contributed by atoms with Gasteiger partial charge in [-0.2, -0.15) is 0 Å². The van der Waals surface area contributed by atoms with Gasteiger partial charge in [-0.3, -0.25) is 0 Å². The van der Waals surface area contributed by atoms with E-state index in [1.54, 1.807) is 6.08 Å². The second kappa shape index (κ2) is 20.9. The van der Waals surface area contributed by atoms with Gasteiger partial charge in [-0.15, -0.1) is 0 Å². The van der Waals surface area contributed by atoms with Gasteiger partial charge in [0.1, 0.15) is 0 Å². The molecule has 0 aliphatic heterocycles. The summed E-state index contributed by atoms with van der Waals surface area (Å²) in [4.78, 5) is 16.8. The smallest absolute Gasteiger partial charge is 0.234 e. The second-order valence-electron chi connectivity index (χ2n) is 6.51. The highest BCUT2D eigenvalue weighted by atomic mass is 16.1. The van der Waals surface area contributed by atoms with Gasteiger partial charge in [-0.25, -0.2) is 16.4 Å². The van der Waals surface area contributed by atoms with Gasteiger partial charge in [0.15, 0.2) is 0 Å². The van der Waals surface area contributed by atoms with E-state index in [1.165, 1.54) is 89.9 Å². The Bertz CT molecular complexity index is 316. The number of rotatable bonds is 18. The summed E-state index contributed by atoms with van der Waals surface area (Å²) in [6, 6.07) is 0. The van der Waals surface area contributed by atoms with Gasteiger partial charge in [0.25, 0.3) is 0 Å². The van der Waals surface area contributed by atoms with E-state index in [9.17, 15) is 4.79 Å². The molecule has 0 atom stereocenters. The molecule has 0 bridgehead atoms. The highest BCUT2D eigenvalue weighted by Crippen LogP contribution is 2.13. The van der Waals surface area contributed by atoms with Crippen molar-refractivity contribution in [2.75, 3.05) is 13.1 Å². The van der Waals surface area contributed by atoms with E-state index >= 15 is 0 Å². The van der Waals surface area contributed by atoms with Crippen LogP contribution >= 0.6 is 0 Å². The maximum Gasteiger partial charge on any atom is 0.234 e. The van der Waals surface area contributed by atoms with Gasteiger partial charge >= 0.3 is 0 Å². The molecule has 23 heavy (non-hydrogen) atoms. The second-order valence-corrected chi connectivity index (χ2v) is 6.51. The molecular formula is C20H36N2O. The van der Waals surface area contributed by atoms with Crippen LogP contribution in [0.1, 0.15) is 103 Å². The zero-order valence-corrected chi connectivity index (χ0v) is 15.0. The first-order chi connectivity index (χ1) is 11.4. The summed E-state index contributed by atoms with van der Waals surface area (Å²) in [6.45, 7) is 8.09. The Balaban J connectivity index is 2.97. The largest absolute Gasteiger partial charge is 0.317 e. The van der Waals surface area contributed by atoms with Crippen molar-refractivity contribution < 1.29 is 4.79 Å². The van der Waals surface area contributed by atoms with Crippen LogP contribution in [-0.4, -0.2) is 19.2 Å².